The van der Waals surface area contributed by atoms with Gasteiger partial charge in [-0.3, -0.25) is 0 Å². The third-order valence-electron chi connectivity index (χ3n) is 3.96. The lowest BCUT2D eigenvalue weighted by atomic mass is 9.88. The summed E-state index contributed by atoms with van der Waals surface area (Å²) in [6, 6.07) is 14.7. The number of nitrogens with two attached hydrogens (primary N) is 1. The summed E-state index contributed by atoms with van der Waals surface area (Å²) in [4.78, 5) is 1.68. The average molecular weight is 281 g/mol. The number of tetrazole rings is 1. The maximum Gasteiger partial charge on any atom is 0.171 e. The highest BCUT2D eigenvalue weighted by atomic mass is 15.6. The van der Waals surface area contributed by atoms with Gasteiger partial charge >= 0.3 is 0 Å². The van der Waals surface area contributed by atoms with Crippen LogP contribution in [0.5, 0.6) is 0 Å². The predicted molar refractivity (Wildman–Crippen MR) is 82.9 cm³/mol. The van der Waals surface area contributed by atoms with Gasteiger partial charge in [-0.25, -0.2) is 0 Å². The fourth-order valence-electron chi connectivity index (χ4n) is 2.66. The van der Waals surface area contributed by atoms with Crippen LogP contribution in [0.1, 0.15) is 24.7 Å². The van der Waals surface area contributed by atoms with E-state index in [0.717, 1.165) is 12.0 Å². The highest BCUT2D eigenvalue weighted by Gasteiger charge is 2.31. The van der Waals surface area contributed by atoms with Gasteiger partial charge < -0.3 is 5.73 Å². The van der Waals surface area contributed by atoms with Crippen molar-refractivity contribution in [1.29, 1.82) is 0 Å². The van der Waals surface area contributed by atoms with Crippen molar-refractivity contribution in [1.82, 2.24) is 20.2 Å². The average Bonchev–Trinajstić information content (AvgIpc) is 2.94. The zero-order valence-electron chi connectivity index (χ0n) is 12.3. The molecular formula is C16H19N5. The van der Waals surface area contributed by atoms with E-state index < -0.39 is 0 Å². The minimum absolute atomic E-state index is 0.389. The first-order valence-electron chi connectivity index (χ1n) is 7.10. The first kappa shape index (κ1) is 13.7. The van der Waals surface area contributed by atoms with Crippen molar-refractivity contribution in [2.75, 3.05) is 6.54 Å². The fourth-order valence-corrected chi connectivity index (χ4v) is 2.66. The molecule has 5 nitrogen and oxygen atoms in total. The number of aromatic nitrogens is 4. The molecule has 0 saturated heterocycles. The number of rotatable bonds is 4. The summed E-state index contributed by atoms with van der Waals surface area (Å²) < 4.78 is 0. The lowest BCUT2D eigenvalue weighted by Crippen LogP contribution is -2.36. The molecule has 108 valence electrons. The number of fused-ring (bicyclic) bond motifs is 1. The van der Waals surface area contributed by atoms with Crippen LogP contribution in [-0.2, 0) is 5.54 Å². The Morgan fingerprint density at radius 1 is 1.14 bits per heavy atom. The molecule has 3 aromatic rings. The summed E-state index contributed by atoms with van der Waals surface area (Å²) >= 11 is 0. The summed E-state index contributed by atoms with van der Waals surface area (Å²) in [6.07, 6.45) is 0.751. The molecule has 0 aliphatic rings. The molecular weight excluding hydrogens is 262 g/mol. The first-order chi connectivity index (χ1) is 10.1. The number of hydrogen-bond acceptors (Lipinski definition) is 4. The molecule has 0 aliphatic heterocycles. The van der Waals surface area contributed by atoms with Crippen LogP contribution in [0.3, 0.4) is 0 Å². The molecule has 0 fully saturated rings. The van der Waals surface area contributed by atoms with Crippen LogP contribution in [0.15, 0.2) is 42.5 Å². The molecule has 0 radical (unpaired) electrons. The van der Waals surface area contributed by atoms with Crippen LogP contribution >= 0.6 is 0 Å². The van der Waals surface area contributed by atoms with Gasteiger partial charge in [0.15, 0.2) is 5.82 Å². The third kappa shape index (κ3) is 2.40. The predicted octanol–water partition coefficient (Wildman–Crippen LogP) is 2.25. The van der Waals surface area contributed by atoms with E-state index in [1.165, 1.54) is 10.8 Å². The summed E-state index contributed by atoms with van der Waals surface area (Å²) in [5.74, 6) is 0.666. The topological polar surface area (TPSA) is 69.6 Å². The summed E-state index contributed by atoms with van der Waals surface area (Å²) in [6.45, 7) is 4.50. The van der Waals surface area contributed by atoms with E-state index in [1.807, 2.05) is 19.1 Å². The van der Waals surface area contributed by atoms with E-state index in [2.05, 4.69) is 52.7 Å². The minimum Gasteiger partial charge on any atom is -0.330 e. The molecule has 0 saturated carbocycles. The number of hydrogen-bond donors (Lipinski definition) is 1. The molecule has 0 unspecified atom stereocenters. The van der Waals surface area contributed by atoms with Gasteiger partial charge in [0, 0.05) is 0 Å². The van der Waals surface area contributed by atoms with Crippen molar-refractivity contribution in [3.8, 4) is 0 Å². The van der Waals surface area contributed by atoms with Crippen molar-refractivity contribution in [3.05, 3.63) is 53.9 Å². The normalized spacial score (nSPS) is 14.2. The monoisotopic (exact) mass is 281 g/mol. The molecule has 0 aliphatic carbocycles. The van der Waals surface area contributed by atoms with E-state index in [9.17, 15) is 0 Å². The van der Waals surface area contributed by atoms with Gasteiger partial charge in [0.2, 0.25) is 0 Å². The lowest BCUT2D eigenvalue weighted by Gasteiger charge is -2.28. The smallest absolute Gasteiger partial charge is 0.171 e. The van der Waals surface area contributed by atoms with E-state index in [1.54, 1.807) is 4.80 Å². The summed E-state index contributed by atoms with van der Waals surface area (Å²) in [7, 11) is 0. The Bertz CT molecular complexity index is 764. The second-order valence-corrected chi connectivity index (χ2v) is 5.50. The Balaban J connectivity index is 2.14. The molecule has 3 rings (SSSR count). The standard InChI is InChI=1S/C16H19N5/c1-12-18-20-21(19-12)16(2,9-10-17)15-8-7-13-5-3-4-6-14(13)11-15/h3-8,11H,9-10,17H2,1-2H3/t16-/m0/s1. The Morgan fingerprint density at radius 3 is 2.57 bits per heavy atom. The second kappa shape index (κ2) is 5.26. The zero-order valence-corrected chi connectivity index (χ0v) is 12.3. The molecule has 21 heavy (non-hydrogen) atoms. The largest absolute Gasteiger partial charge is 0.330 e. The van der Waals surface area contributed by atoms with Crippen molar-refractivity contribution in [2.45, 2.75) is 25.8 Å². The molecule has 0 spiro atoms. The molecule has 0 bridgehead atoms. The number of nitrogens with zero attached hydrogens (tertiary/aromatic N) is 4. The van der Waals surface area contributed by atoms with Gasteiger partial charge in [-0.1, -0.05) is 36.4 Å². The zero-order chi connectivity index (χ0) is 14.9. The Kier molecular flexibility index (Phi) is 3.43. The quantitative estimate of drug-likeness (QED) is 0.796. The van der Waals surface area contributed by atoms with Crippen molar-refractivity contribution in [2.24, 2.45) is 5.73 Å². The number of aryl methyl sites for hydroxylation is 1. The van der Waals surface area contributed by atoms with Gasteiger partial charge in [-0.05, 0) is 54.4 Å². The second-order valence-electron chi connectivity index (χ2n) is 5.50. The van der Waals surface area contributed by atoms with Gasteiger partial charge in [-0.2, -0.15) is 4.80 Å². The van der Waals surface area contributed by atoms with Crippen LogP contribution in [0.4, 0.5) is 0 Å². The SMILES string of the molecule is Cc1nnn([C@@](C)(CCN)c2ccc3ccccc3c2)n1. The molecule has 5 heteroatoms. The molecule has 2 N–H and O–H groups in total. The van der Waals surface area contributed by atoms with Gasteiger partial charge in [0.25, 0.3) is 0 Å². The van der Waals surface area contributed by atoms with Crippen LogP contribution in [-0.4, -0.2) is 26.8 Å². The van der Waals surface area contributed by atoms with E-state index in [4.69, 9.17) is 5.73 Å². The molecule has 1 atom stereocenters. The van der Waals surface area contributed by atoms with Crippen molar-refractivity contribution >= 4 is 10.8 Å². The van der Waals surface area contributed by atoms with Crippen LogP contribution in [0.25, 0.3) is 10.8 Å². The Labute approximate surface area is 123 Å². The molecule has 2 aromatic carbocycles. The van der Waals surface area contributed by atoms with Gasteiger partial charge in [0.1, 0.15) is 5.54 Å². The maximum absolute atomic E-state index is 5.82. The van der Waals surface area contributed by atoms with E-state index >= 15 is 0 Å². The van der Waals surface area contributed by atoms with Crippen LogP contribution < -0.4 is 5.73 Å². The highest BCUT2D eigenvalue weighted by Crippen LogP contribution is 2.30. The molecule has 1 aromatic heterocycles. The minimum atomic E-state index is -0.389. The third-order valence-corrected chi connectivity index (χ3v) is 3.96. The fraction of sp³-hybridized carbons (Fsp3) is 0.312. The van der Waals surface area contributed by atoms with Crippen molar-refractivity contribution < 1.29 is 0 Å². The first-order valence-corrected chi connectivity index (χ1v) is 7.10. The molecule has 1 heterocycles. The van der Waals surface area contributed by atoms with Crippen molar-refractivity contribution in [3.63, 3.8) is 0 Å². The maximum atomic E-state index is 5.82. The summed E-state index contributed by atoms with van der Waals surface area (Å²) in [5, 5.41) is 15.0. The Hall–Kier alpha value is -2.27. The van der Waals surface area contributed by atoms with Gasteiger partial charge in [-0.15, -0.1) is 10.2 Å². The van der Waals surface area contributed by atoms with Crippen LogP contribution in [0.2, 0.25) is 0 Å². The lowest BCUT2D eigenvalue weighted by molar-refractivity contribution is 0.289. The Morgan fingerprint density at radius 2 is 1.90 bits per heavy atom. The van der Waals surface area contributed by atoms with Gasteiger partial charge in [0.05, 0.1) is 0 Å². The van der Waals surface area contributed by atoms with E-state index in [-0.39, 0.29) is 5.54 Å². The molecule has 0 amide bonds. The van der Waals surface area contributed by atoms with E-state index in [0.29, 0.717) is 12.4 Å². The van der Waals surface area contributed by atoms with Crippen LogP contribution in [0, 0.1) is 6.92 Å². The number of benzene rings is 2. The summed E-state index contributed by atoms with van der Waals surface area (Å²) in [5.41, 5.74) is 6.57. The highest BCUT2D eigenvalue weighted by molar-refractivity contribution is 5.83.